The molecular formula is C27H48N6O2. The van der Waals surface area contributed by atoms with Gasteiger partial charge in [0, 0.05) is 13.1 Å². The van der Waals surface area contributed by atoms with Crippen molar-refractivity contribution < 1.29 is 9.90 Å². The van der Waals surface area contributed by atoms with Crippen LogP contribution in [0.5, 0.6) is 0 Å². The van der Waals surface area contributed by atoms with Crippen LogP contribution in [0.4, 0.5) is 0 Å². The SMILES string of the molecule is O=C(O)c1c(CN2CCCNCCCNCCC2)cccc1CN1CCCNCCCNCCC1. The van der Waals surface area contributed by atoms with Gasteiger partial charge in [0.05, 0.1) is 5.56 Å². The van der Waals surface area contributed by atoms with Gasteiger partial charge in [-0.1, -0.05) is 18.2 Å². The predicted molar refractivity (Wildman–Crippen MR) is 143 cm³/mol. The van der Waals surface area contributed by atoms with E-state index < -0.39 is 5.97 Å². The highest BCUT2D eigenvalue weighted by atomic mass is 16.4. The molecule has 2 aliphatic rings. The van der Waals surface area contributed by atoms with Gasteiger partial charge in [-0.25, -0.2) is 4.79 Å². The lowest BCUT2D eigenvalue weighted by atomic mass is 9.99. The van der Waals surface area contributed by atoms with E-state index in [9.17, 15) is 9.90 Å². The van der Waals surface area contributed by atoms with Gasteiger partial charge in [0.2, 0.25) is 0 Å². The maximum Gasteiger partial charge on any atom is 0.336 e. The first-order valence-corrected chi connectivity index (χ1v) is 13.9. The van der Waals surface area contributed by atoms with Crippen LogP contribution in [-0.4, -0.2) is 99.4 Å². The zero-order valence-corrected chi connectivity index (χ0v) is 21.6. The maximum atomic E-state index is 12.5. The van der Waals surface area contributed by atoms with Gasteiger partial charge >= 0.3 is 5.97 Å². The fourth-order valence-electron chi connectivity index (χ4n) is 5.10. The average molecular weight is 489 g/mol. The van der Waals surface area contributed by atoms with Crippen molar-refractivity contribution in [1.29, 1.82) is 0 Å². The van der Waals surface area contributed by atoms with Gasteiger partial charge in [-0.3, -0.25) is 9.80 Å². The number of nitrogens with zero attached hydrogens (tertiary/aromatic N) is 2. The minimum Gasteiger partial charge on any atom is -0.478 e. The molecule has 35 heavy (non-hydrogen) atoms. The highest BCUT2D eigenvalue weighted by molar-refractivity contribution is 5.91. The van der Waals surface area contributed by atoms with Crippen LogP contribution in [0.25, 0.3) is 0 Å². The standard InChI is InChI=1S/C27H48N6O2/c34-27(35)26-24(22-32-18-4-14-28-10-2-11-29-15-5-19-32)8-1-9-25(26)23-33-20-6-16-30-12-3-13-31-17-7-21-33/h1,8-9,28-31H,2-7,10-23H2,(H,34,35). The fourth-order valence-corrected chi connectivity index (χ4v) is 5.10. The van der Waals surface area contributed by atoms with E-state index in [1.165, 1.54) is 12.8 Å². The van der Waals surface area contributed by atoms with Crippen LogP contribution in [0, 0.1) is 0 Å². The van der Waals surface area contributed by atoms with E-state index in [1.807, 2.05) is 12.1 Å². The van der Waals surface area contributed by atoms with Crippen molar-refractivity contribution in [3.8, 4) is 0 Å². The van der Waals surface area contributed by atoms with Crippen molar-refractivity contribution in [3.63, 3.8) is 0 Å². The molecule has 2 heterocycles. The molecule has 2 aliphatic heterocycles. The molecule has 0 spiro atoms. The Kier molecular flexibility index (Phi) is 13.6. The number of nitrogens with one attached hydrogen (secondary N) is 4. The summed E-state index contributed by atoms with van der Waals surface area (Å²) in [5, 5.41) is 24.3. The monoisotopic (exact) mass is 488 g/mol. The van der Waals surface area contributed by atoms with E-state index in [-0.39, 0.29) is 0 Å². The van der Waals surface area contributed by atoms with Gasteiger partial charge in [0.1, 0.15) is 0 Å². The third kappa shape index (κ3) is 10.9. The third-order valence-corrected chi connectivity index (χ3v) is 6.96. The molecule has 2 saturated heterocycles. The van der Waals surface area contributed by atoms with Gasteiger partial charge in [0.15, 0.2) is 0 Å². The quantitative estimate of drug-likeness (QED) is 0.428. The summed E-state index contributed by atoms with van der Waals surface area (Å²) in [5.41, 5.74) is 2.40. The van der Waals surface area contributed by atoms with Crippen molar-refractivity contribution >= 4 is 5.97 Å². The zero-order valence-electron chi connectivity index (χ0n) is 21.6. The number of rotatable bonds is 5. The summed E-state index contributed by atoms with van der Waals surface area (Å²) in [6.45, 7) is 13.6. The second-order valence-corrected chi connectivity index (χ2v) is 9.93. The molecule has 0 bridgehead atoms. The number of carboxylic acid groups (broad SMARTS) is 1. The molecule has 3 rings (SSSR count). The van der Waals surface area contributed by atoms with Gasteiger partial charge in [-0.15, -0.1) is 0 Å². The largest absolute Gasteiger partial charge is 0.478 e. The van der Waals surface area contributed by atoms with E-state index in [1.54, 1.807) is 0 Å². The Labute approximate surface area is 212 Å². The number of carbonyl (C=O) groups is 1. The molecule has 1 aromatic rings. The smallest absolute Gasteiger partial charge is 0.336 e. The van der Waals surface area contributed by atoms with Crippen LogP contribution in [0.15, 0.2) is 18.2 Å². The number of benzene rings is 1. The normalized spacial score (nSPS) is 21.7. The van der Waals surface area contributed by atoms with Crippen LogP contribution >= 0.6 is 0 Å². The van der Waals surface area contributed by atoms with E-state index in [4.69, 9.17) is 0 Å². The van der Waals surface area contributed by atoms with E-state index in [2.05, 4.69) is 37.1 Å². The predicted octanol–water partition coefficient (Wildman–Crippen LogP) is 1.72. The molecule has 198 valence electrons. The zero-order chi connectivity index (χ0) is 24.6. The molecule has 2 fully saturated rings. The average Bonchev–Trinajstić information content (AvgIpc) is 2.82. The Morgan fingerprint density at radius 3 is 1.31 bits per heavy atom. The van der Waals surface area contributed by atoms with Crippen molar-refractivity contribution in [3.05, 3.63) is 34.9 Å². The number of hydrogen-bond donors (Lipinski definition) is 5. The number of aromatic carboxylic acids is 1. The van der Waals surface area contributed by atoms with Crippen molar-refractivity contribution in [2.24, 2.45) is 0 Å². The maximum absolute atomic E-state index is 12.5. The molecule has 0 atom stereocenters. The van der Waals surface area contributed by atoms with Crippen LogP contribution in [-0.2, 0) is 13.1 Å². The fraction of sp³-hybridized carbons (Fsp3) is 0.741. The molecule has 0 unspecified atom stereocenters. The molecule has 0 aromatic heterocycles. The second kappa shape index (κ2) is 17.0. The molecule has 1 aromatic carbocycles. The van der Waals surface area contributed by atoms with Crippen molar-refractivity contribution in [1.82, 2.24) is 31.1 Å². The lowest BCUT2D eigenvalue weighted by Crippen LogP contribution is -2.34. The summed E-state index contributed by atoms with van der Waals surface area (Å²) in [7, 11) is 0. The first-order valence-electron chi connectivity index (χ1n) is 13.9. The lowest BCUT2D eigenvalue weighted by Gasteiger charge is -2.27. The highest BCUT2D eigenvalue weighted by Crippen LogP contribution is 2.20. The Balaban J connectivity index is 1.68. The summed E-state index contributed by atoms with van der Waals surface area (Å²) < 4.78 is 0. The minimum absolute atomic E-state index is 0.511. The summed E-state index contributed by atoms with van der Waals surface area (Å²) in [4.78, 5) is 17.3. The molecular weight excluding hydrogens is 440 g/mol. The highest BCUT2D eigenvalue weighted by Gasteiger charge is 2.19. The Morgan fingerprint density at radius 2 is 0.971 bits per heavy atom. The van der Waals surface area contributed by atoms with E-state index in [0.717, 1.165) is 115 Å². The van der Waals surface area contributed by atoms with Crippen LogP contribution in [0.3, 0.4) is 0 Å². The van der Waals surface area contributed by atoms with Crippen LogP contribution in [0.1, 0.15) is 60.0 Å². The molecule has 8 heteroatoms. The van der Waals surface area contributed by atoms with Crippen LogP contribution in [0.2, 0.25) is 0 Å². The summed E-state index contributed by atoms with van der Waals surface area (Å²) >= 11 is 0. The first-order chi connectivity index (χ1) is 17.2. The number of hydrogen-bond acceptors (Lipinski definition) is 7. The molecule has 8 nitrogen and oxygen atoms in total. The molecule has 5 N–H and O–H groups in total. The van der Waals surface area contributed by atoms with Gasteiger partial charge < -0.3 is 26.4 Å². The third-order valence-electron chi connectivity index (χ3n) is 6.96. The molecule has 0 radical (unpaired) electrons. The Hall–Kier alpha value is -1.55. The molecule has 0 amide bonds. The van der Waals surface area contributed by atoms with E-state index in [0.29, 0.717) is 18.7 Å². The Morgan fingerprint density at radius 1 is 0.629 bits per heavy atom. The van der Waals surface area contributed by atoms with Crippen molar-refractivity contribution in [2.75, 3.05) is 78.5 Å². The van der Waals surface area contributed by atoms with Gasteiger partial charge in [0.25, 0.3) is 0 Å². The lowest BCUT2D eigenvalue weighted by molar-refractivity contribution is 0.0691. The molecule has 0 saturated carbocycles. The van der Waals surface area contributed by atoms with Gasteiger partial charge in [-0.05, 0) is 128 Å². The van der Waals surface area contributed by atoms with E-state index >= 15 is 0 Å². The van der Waals surface area contributed by atoms with Crippen molar-refractivity contribution in [2.45, 2.75) is 51.6 Å². The molecule has 0 aliphatic carbocycles. The Bertz CT molecular complexity index is 657. The number of carboxylic acids is 1. The summed E-state index contributed by atoms with van der Waals surface area (Å²) in [6.07, 6.45) is 6.69. The summed E-state index contributed by atoms with van der Waals surface area (Å²) in [5.74, 6) is -0.800. The topological polar surface area (TPSA) is 91.9 Å². The summed E-state index contributed by atoms with van der Waals surface area (Å²) in [6, 6.07) is 6.09. The first kappa shape index (κ1) is 28.0. The minimum atomic E-state index is -0.800. The van der Waals surface area contributed by atoms with Gasteiger partial charge in [-0.2, -0.15) is 0 Å². The second-order valence-electron chi connectivity index (χ2n) is 9.93. The van der Waals surface area contributed by atoms with Crippen LogP contribution < -0.4 is 21.3 Å².